The van der Waals surface area contributed by atoms with Crippen LogP contribution in [0.4, 0.5) is 18.9 Å². The lowest BCUT2D eigenvalue weighted by atomic mass is 9.76. The van der Waals surface area contributed by atoms with Crippen molar-refractivity contribution in [3.63, 3.8) is 0 Å². The molecule has 1 N–H and O–H groups in total. The van der Waals surface area contributed by atoms with Gasteiger partial charge in [0.05, 0.1) is 17.3 Å². The summed E-state index contributed by atoms with van der Waals surface area (Å²) in [5.74, 6) is -0.167. The number of rotatable bonds is 1. The van der Waals surface area contributed by atoms with Gasteiger partial charge in [-0.1, -0.05) is 53.0 Å². The van der Waals surface area contributed by atoms with E-state index in [1.54, 1.807) is 18.2 Å². The summed E-state index contributed by atoms with van der Waals surface area (Å²) in [6, 6.07) is 7.04. The maximum Gasteiger partial charge on any atom is 0.418 e. The lowest BCUT2D eigenvalue weighted by Gasteiger charge is -2.39. The van der Waals surface area contributed by atoms with Crippen LogP contribution in [-0.2, 0) is 6.18 Å². The molecule has 2 aromatic rings. The van der Waals surface area contributed by atoms with Crippen LogP contribution in [0.5, 0.6) is 0 Å². The van der Waals surface area contributed by atoms with E-state index in [-0.39, 0.29) is 23.6 Å². The Morgan fingerprint density at radius 2 is 1.77 bits per heavy atom. The van der Waals surface area contributed by atoms with E-state index in [4.69, 9.17) is 34.8 Å². The van der Waals surface area contributed by atoms with Crippen LogP contribution in [0.2, 0.25) is 15.1 Å². The van der Waals surface area contributed by atoms with E-state index in [1.807, 2.05) is 12.2 Å². The molecule has 3 unspecified atom stereocenters. The van der Waals surface area contributed by atoms with Gasteiger partial charge in [-0.05, 0) is 42.2 Å². The predicted molar refractivity (Wildman–Crippen MR) is 99.3 cm³/mol. The Balaban J connectivity index is 1.90. The van der Waals surface area contributed by atoms with E-state index >= 15 is 0 Å². The Labute approximate surface area is 163 Å². The average molecular weight is 419 g/mol. The molecule has 1 nitrogen and oxygen atoms in total. The summed E-state index contributed by atoms with van der Waals surface area (Å²) in [6.07, 6.45) is 0.172. The molecule has 0 bridgehead atoms. The molecule has 7 heteroatoms. The van der Waals surface area contributed by atoms with Gasteiger partial charge in [0.25, 0.3) is 0 Å². The second kappa shape index (κ2) is 6.36. The molecule has 4 rings (SSSR count). The Morgan fingerprint density at radius 3 is 2.46 bits per heavy atom. The fraction of sp³-hybridized carbons (Fsp3) is 0.263. The van der Waals surface area contributed by atoms with Crippen LogP contribution in [0.25, 0.3) is 0 Å². The first-order chi connectivity index (χ1) is 12.3. The molecule has 0 amide bonds. The van der Waals surface area contributed by atoms with Crippen LogP contribution in [0, 0.1) is 5.92 Å². The van der Waals surface area contributed by atoms with Crippen molar-refractivity contribution >= 4 is 40.5 Å². The molecule has 0 aromatic heterocycles. The molecule has 26 heavy (non-hydrogen) atoms. The third-order valence-corrected chi connectivity index (χ3v) is 5.96. The summed E-state index contributed by atoms with van der Waals surface area (Å²) in [6.45, 7) is 0. The molecular formula is C19H13Cl3F3N. The molecule has 0 fully saturated rings. The molecule has 1 heterocycles. The first-order valence-electron chi connectivity index (χ1n) is 8.05. The minimum absolute atomic E-state index is 0.0298. The van der Waals surface area contributed by atoms with E-state index < -0.39 is 11.7 Å². The standard InChI is InChI=1S/C19H13Cl3F3N/c20-9-4-5-12(15(22)8-9)17-11-3-1-2-10(11)16-14(21)7-6-13(18(16)26-17)19(23,24)25/h1-2,4-8,10-11,17,26H,3H2. The molecule has 0 spiro atoms. The lowest BCUT2D eigenvalue weighted by Crippen LogP contribution is -2.31. The second-order valence-electron chi connectivity index (χ2n) is 6.52. The highest BCUT2D eigenvalue weighted by Gasteiger charge is 2.44. The van der Waals surface area contributed by atoms with Gasteiger partial charge in [-0.25, -0.2) is 0 Å². The number of hydrogen-bond donors (Lipinski definition) is 1. The number of benzene rings is 2. The molecule has 2 aliphatic rings. The molecule has 1 aliphatic carbocycles. The van der Waals surface area contributed by atoms with Crippen molar-refractivity contribution in [1.82, 2.24) is 0 Å². The summed E-state index contributed by atoms with van der Waals surface area (Å²) in [7, 11) is 0. The van der Waals surface area contributed by atoms with Gasteiger partial charge in [0.2, 0.25) is 0 Å². The number of alkyl halides is 3. The Bertz CT molecular complexity index is 908. The quantitative estimate of drug-likeness (QED) is 0.473. The largest absolute Gasteiger partial charge is 0.418 e. The number of halogens is 6. The summed E-state index contributed by atoms with van der Waals surface area (Å²) in [5, 5.41) is 4.34. The summed E-state index contributed by atoms with van der Waals surface area (Å²) in [4.78, 5) is 0. The zero-order chi connectivity index (χ0) is 18.6. The third kappa shape index (κ3) is 2.88. The zero-order valence-electron chi connectivity index (χ0n) is 13.2. The minimum atomic E-state index is -4.48. The van der Waals surface area contributed by atoms with Crippen molar-refractivity contribution < 1.29 is 13.2 Å². The molecule has 2 aromatic carbocycles. The normalized spacial score (nSPS) is 24.2. The van der Waals surface area contributed by atoms with Crippen LogP contribution in [0.1, 0.15) is 35.1 Å². The van der Waals surface area contributed by atoms with E-state index in [1.165, 1.54) is 6.07 Å². The lowest BCUT2D eigenvalue weighted by molar-refractivity contribution is -0.137. The summed E-state index contributed by atoms with van der Waals surface area (Å²) < 4.78 is 40.7. The van der Waals surface area contributed by atoms with E-state index in [9.17, 15) is 13.2 Å². The number of nitrogens with one attached hydrogen (secondary N) is 1. The smallest absolute Gasteiger partial charge is 0.377 e. The van der Waals surface area contributed by atoms with Crippen LogP contribution < -0.4 is 5.32 Å². The fourth-order valence-electron chi connectivity index (χ4n) is 3.96. The van der Waals surface area contributed by atoms with Crippen LogP contribution in [0.3, 0.4) is 0 Å². The van der Waals surface area contributed by atoms with Crippen molar-refractivity contribution in [2.24, 2.45) is 5.92 Å². The van der Waals surface area contributed by atoms with Crippen molar-refractivity contribution in [3.8, 4) is 0 Å². The summed E-state index contributed by atoms with van der Waals surface area (Å²) in [5.41, 5.74) is 0.551. The average Bonchev–Trinajstić information content (AvgIpc) is 3.02. The zero-order valence-corrected chi connectivity index (χ0v) is 15.5. The molecule has 136 valence electrons. The van der Waals surface area contributed by atoms with Gasteiger partial charge in [-0.2, -0.15) is 13.2 Å². The molecule has 3 atom stereocenters. The number of allylic oxidation sites excluding steroid dienone is 2. The predicted octanol–water partition coefficient (Wildman–Crippen LogP) is 7.49. The highest BCUT2D eigenvalue weighted by molar-refractivity contribution is 6.35. The van der Waals surface area contributed by atoms with E-state index in [2.05, 4.69) is 5.32 Å². The fourth-order valence-corrected chi connectivity index (χ4v) is 4.77. The van der Waals surface area contributed by atoms with Crippen molar-refractivity contribution in [3.05, 3.63) is 74.2 Å². The molecule has 1 aliphatic heterocycles. The van der Waals surface area contributed by atoms with Crippen LogP contribution in [0.15, 0.2) is 42.5 Å². The number of anilines is 1. The Morgan fingerprint density at radius 1 is 1.00 bits per heavy atom. The topological polar surface area (TPSA) is 12.0 Å². The number of hydrogen-bond acceptors (Lipinski definition) is 1. The molecule has 0 saturated carbocycles. The van der Waals surface area contributed by atoms with Crippen molar-refractivity contribution in [1.29, 1.82) is 0 Å². The Kier molecular flexibility index (Phi) is 4.41. The van der Waals surface area contributed by atoms with E-state index in [0.717, 1.165) is 18.1 Å². The first-order valence-corrected chi connectivity index (χ1v) is 9.18. The summed E-state index contributed by atoms with van der Waals surface area (Å²) >= 11 is 18.6. The maximum absolute atomic E-state index is 13.6. The monoisotopic (exact) mass is 417 g/mol. The van der Waals surface area contributed by atoms with Crippen molar-refractivity contribution in [2.75, 3.05) is 5.32 Å². The van der Waals surface area contributed by atoms with Crippen LogP contribution >= 0.6 is 34.8 Å². The highest BCUT2D eigenvalue weighted by Crippen LogP contribution is 2.55. The third-order valence-electron chi connectivity index (χ3n) is 5.07. The first kappa shape index (κ1) is 18.0. The Hall–Kier alpha value is -1.36. The van der Waals surface area contributed by atoms with Gasteiger partial charge in [0.15, 0.2) is 0 Å². The van der Waals surface area contributed by atoms with Gasteiger partial charge >= 0.3 is 6.18 Å². The minimum Gasteiger partial charge on any atom is -0.377 e. The molecule has 0 saturated heterocycles. The van der Waals surface area contributed by atoms with Gasteiger partial charge in [-0.15, -0.1) is 0 Å². The molecular weight excluding hydrogens is 406 g/mol. The SMILES string of the molecule is FC(F)(F)c1ccc(Cl)c2c1NC(c1ccc(Cl)cc1Cl)C1CC=CC21. The van der Waals surface area contributed by atoms with Gasteiger partial charge in [-0.3, -0.25) is 0 Å². The van der Waals surface area contributed by atoms with Crippen LogP contribution in [-0.4, -0.2) is 0 Å². The van der Waals surface area contributed by atoms with Crippen molar-refractivity contribution in [2.45, 2.75) is 24.6 Å². The molecule has 0 radical (unpaired) electrons. The number of fused-ring (bicyclic) bond motifs is 3. The highest BCUT2D eigenvalue weighted by atomic mass is 35.5. The van der Waals surface area contributed by atoms with Gasteiger partial charge < -0.3 is 5.32 Å². The van der Waals surface area contributed by atoms with E-state index in [0.29, 0.717) is 20.6 Å². The van der Waals surface area contributed by atoms with Gasteiger partial charge in [0, 0.05) is 26.5 Å². The van der Waals surface area contributed by atoms with Gasteiger partial charge in [0.1, 0.15) is 0 Å². The maximum atomic E-state index is 13.6. The second-order valence-corrected chi connectivity index (χ2v) is 7.77.